The monoisotopic (exact) mass is 460 g/mol. The highest BCUT2D eigenvalue weighted by Gasteiger charge is 2.48. The van der Waals surface area contributed by atoms with E-state index in [1.807, 2.05) is 12.1 Å². The first-order chi connectivity index (χ1) is 15.5. The van der Waals surface area contributed by atoms with Crippen LogP contribution in [0.3, 0.4) is 0 Å². The molecule has 1 saturated carbocycles. The molecular formula is C23H29ClN4O4. The molecule has 1 unspecified atom stereocenters. The molecule has 6 rings (SSSR count). The van der Waals surface area contributed by atoms with Gasteiger partial charge in [0.05, 0.1) is 30.9 Å². The highest BCUT2D eigenvalue weighted by atomic mass is 35.5. The molecule has 5 aliphatic rings. The predicted molar refractivity (Wildman–Crippen MR) is 119 cm³/mol. The maximum absolute atomic E-state index is 12.9. The number of anilines is 1. The molecule has 5 fully saturated rings. The van der Waals surface area contributed by atoms with Crippen molar-refractivity contribution in [3.8, 4) is 5.75 Å². The molecule has 4 heterocycles. The van der Waals surface area contributed by atoms with E-state index in [1.54, 1.807) is 9.80 Å². The molecule has 2 atom stereocenters. The number of halogens is 1. The van der Waals surface area contributed by atoms with Crippen LogP contribution < -0.4 is 15.0 Å². The Balaban J connectivity index is 1.02. The number of ether oxygens (including phenoxy) is 2. The molecule has 8 nitrogen and oxygen atoms in total. The van der Waals surface area contributed by atoms with E-state index >= 15 is 0 Å². The molecule has 1 aromatic rings. The maximum atomic E-state index is 12.9. The van der Waals surface area contributed by atoms with Crippen LogP contribution in [-0.4, -0.2) is 85.9 Å². The SMILES string of the molecule is O=C1CO[C@H]2CCN(C(=O)N3CC(Oc4cccc(N5CC6(CCC6)C5)c4Cl)C3)CC2N1. The van der Waals surface area contributed by atoms with Gasteiger partial charge in [-0.25, -0.2) is 4.79 Å². The van der Waals surface area contributed by atoms with E-state index in [2.05, 4.69) is 16.3 Å². The number of likely N-dealkylation sites (tertiary alicyclic amines) is 2. The molecule has 1 aliphatic carbocycles. The molecule has 4 aliphatic heterocycles. The van der Waals surface area contributed by atoms with Crippen LogP contribution in [0.15, 0.2) is 18.2 Å². The van der Waals surface area contributed by atoms with E-state index in [1.165, 1.54) is 19.3 Å². The number of hydrogen-bond donors (Lipinski definition) is 1. The van der Waals surface area contributed by atoms with Crippen LogP contribution in [0.4, 0.5) is 10.5 Å². The van der Waals surface area contributed by atoms with Crippen molar-refractivity contribution in [2.45, 2.75) is 43.9 Å². The Morgan fingerprint density at radius 2 is 2.00 bits per heavy atom. The number of fused-ring (bicyclic) bond motifs is 1. The van der Waals surface area contributed by atoms with Gasteiger partial charge >= 0.3 is 6.03 Å². The second-order valence-electron chi connectivity index (χ2n) is 9.98. The third-order valence-corrected chi connectivity index (χ3v) is 8.14. The second kappa shape index (κ2) is 7.70. The number of nitrogens with zero attached hydrogens (tertiary/aromatic N) is 3. The van der Waals surface area contributed by atoms with Gasteiger partial charge < -0.3 is 29.5 Å². The van der Waals surface area contributed by atoms with Gasteiger partial charge in [0.2, 0.25) is 5.91 Å². The standard InChI is InChI=1S/C23H29ClN4O4/c24-21-17(28-13-23(14-28)6-2-7-23)3-1-4-19(21)32-15-9-27(10-15)22(30)26-8-5-18-16(11-26)25-20(29)12-31-18/h1,3-4,15-16,18H,2,5-14H2,(H,25,29)/t16?,18-/m0/s1. The van der Waals surface area contributed by atoms with E-state index in [0.717, 1.165) is 25.2 Å². The maximum Gasteiger partial charge on any atom is 0.320 e. The lowest BCUT2D eigenvalue weighted by atomic mass is 9.63. The fourth-order valence-electron chi connectivity index (χ4n) is 5.68. The number of rotatable bonds is 3. The van der Waals surface area contributed by atoms with Crippen molar-refractivity contribution in [1.82, 2.24) is 15.1 Å². The number of nitrogens with one attached hydrogen (secondary N) is 1. The van der Waals surface area contributed by atoms with Crippen LogP contribution in [0.2, 0.25) is 5.02 Å². The van der Waals surface area contributed by atoms with Gasteiger partial charge in [-0.1, -0.05) is 24.1 Å². The van der Waals surface area contributed by atoms with Crippen molar-refractivity contribution in [1.29, 1.82) is 0 Å². The highest BCUT2D eigenvalue weighted by molar-refractivity contribution is 6.34. The van der Waals surface area contributed by atoms with Gasteiger partial charge in [-0.05, 0) is 31.4 Å². The van der Waals surface area contributed by atoms with E-state index in [4.69, 9.17) is 21.1 Å². The third-order valence-electron chi connectivity index (χ3n) is 7.76. The van der Waals surface area contributed by atoms with Gasteiger partial charge in [0.25, 0.3) is 0 Å². The number of urea groups is 1. The lowest BCUT2D eigenvalue weighted by Gasteiger charge is -2.57. The van der Waals surface area contributed by atoms with Crippen LogP contribution >= 0.6 is 11.6 Å². The number of carbonyl (C=O) groups is 2. The van der Waals surface area contributed by atoms with Crippen LogP contribution in [-0.2, 0) is 9.53 Å². The van der Waals surface area contributed by atoms with Crippen molar-refractivity contribution in [2.24, 2.45) is 5.41 Å². The second-order valence-corrected chi connectivity index (χ2v) is 10.4. The average molecular weight is 461 g/mol. The smallest absolute Gasteiger partial charge is 0.320 e. The van der Waals surface area contributed by atoms with Gasteiger partial charge in [-0.2, -0.15) is 0 Å². The van der Waals surface area contributed by atoms with E-state index in [-0.39, 0.29) is 36.8 Å². The summed E-state index contributed by atoms with van der Waals surface area (Å²) in [5.74, 6) is 0.580. The van der Waals surface area contributed by atoms with Crippen molar-refractivity contribution in [2.75, 3.05) is 50.8 Å². The Kier molecular flexibility index (Phi) is 4.91. The van der Waals surface area contributed by atoms with Crippen LogP contribution in [0.1, 0.15) is 25.7 Å². The molecule has 1 N–H and O–H groups in total. The highest BCUT2D eigenvalue weighted by Crippen LogP contribution is 2.51. The number of hydrogen-bond acceptors (Lipinski definition) is 5. The van der Waals surface area contributed by atoms with Crippen molar-refractivity contribution >= 4 is 29.2 Å². The minimum Gasteiger partial charge on any atom is -0.485 e. The first-order valence-electron chi connectivity index (χ1n) is 11.6. The summed E-state index contributed by atoms with van der Waals surface area (Å²) in [6, 6.07) is 5.84. The molecular weight excluding hydrogens is 432 g/mol. The summed E-state index contributed by atoms with van der Waals surface area (Å²) >= 11 is 6.69. The Morgan fingerprint density at radius 3 is 2.75 bits per heavy atom. The Labute approximate surface area is 192 Å². The largest absolute Gasteiger partial charge is 0.485 e. The number of carbonyl (C=O) groups excluding carboxylic acids is 2. The summed E-state index contributed by atoms with van der Waals surface area (Å²) in [5, 5.41) is 3.61. The topological polar surface area (TPSA) is 74.3 Å². The molecule has 0 radical (unpaired) electrons. The molecule has 1 spiro atoms. The van der Waals surface area contributed by atoms with Crippen molar-refractivity contribution in [3.05, 3.63) is 23.2 Å². The molecule has 172 valence electrons. The summed E-state index contributed by atoms with van der Waals surface area (Å²) < 4.78 is 11.7. The van der Waals surface area contributed by atoms with E-state index in [0.29, 0.717) is 42.4 Å². The Morgan fingerprint density at radius 1 is 1.19 bits per heavy atom. The molecule has 9 heteroatoms. The zero-order valence-corrected chi connectivity index (χ0v) is 18.9. The summed E-state index contributed by atoms with van der Waals surface area (Å²) in [6.45, 7) is 4.50. The molecule has 3 amide bonds. The van der Waals surface area contributed by atoms with E-state index < -0.39 is 0 Å². The first-order valence-corrected chi connectivity index (χ1v) is 12.0. The fourth-order valence-corrected chi connectivity index (χ4v) is 5.97. The summed E-state index contributed by atoms with van der Waals surface area (Å²) in [7, 11) is 0. The molecule has 0 bridgehead atoms. The fraction of sp³-hybridized carbons (Fsp3) is 0.652. The summed E-state index contributed by atoms with van der Waals surface area (Å²) in [5.41, 5.74) is 1.59. The zero-order chi connectivity index (χ0) is 21.9. The van der Waals surface area contributed by atoms with Crippen LogP contribution in [0, 0.1) is 5.41 Å². The quantitative estimate of drug-likeness (QED) is 0.747. The average Bonchev–Trinajstić information content (AvgIpc) is 2.69. The van der Waals surface area contributed by atoms with E-state index in [9.17, 15) is 9.59 Å². The van der Waals surface area contributed by atoms with Gasteiger partial charge in [0, 0.05) is 31.6 Å². The normalized spacial score (nSPS) is 28.9. The Hall–Kier alpha value is -2.19. The van der Waals surface area contributed by atoms with Gasteiger partial charge in [0.15, 0.2) is 0 Å². The summed E-state index contributed by atoms with van der Waals surface area (Å²) in [6.07, 6.45) is 4.70. The first kappa shape index (κ1) is 20.4. The third kappa shape index (κ3) is 3.48. The lowest BCUT2D eigenvalue weighted by Crippen LogP contribution is -2.65. The molecule has 4 saturated heterocycles. The molecule has 0 aromatic heterocycles. The minimum atomic E-state index is -0.121. The zero-order valence-electron chi connectivity index (χ0n) is 18.1. The number of morpholine rings is 1. The van der Waals surface area contributed by atoms with Gasteiger partial charge in [-0.15, -0.1) is 0 Å². The number of amides is 3. The summed E-state index contributed by atoms with van der Waals surface area (Å²) in [4.78, 5) is 30.4. The van der Waals surface area contributed by atoms with Crippen LogP contribution in [0.25, 0.3) is 0 Å². The lowest BCUT2D eigenvalue weighted by molar-refractivity contribution is -0.139. The number of piperidine rings is 1. The predicted octanol–water partition coefficient (Wildman–Crippen LogP) is 2.10. The van der Waals surface area contributed by atoms with Crippen LogP contribution in [0.5, 0.6) is 5.75 Å². The van der Waals surface area contributed by atoms with Gasteiger partial charge in [0.1, 0.15) is 23.5 Å². The van der Waals surface area contributed by atoms with Crippen molar-refractivity contribution < 1.29 is 19.1 Å². The molecule has 1 aromatic carbocycles. The molecule has 32 heavy (non-hydrogen) atoms. The van der Waals surface area contributed by atoms with Crippen molar-refractivity contribution in [3.63, 3.8) is 0 Å². The Bertz CT molecular complexity index is 925. The number of benzene rings is 1. The van der Waals surface area contributed by atoms with Gasteiger partial charge in [-0.3, -0.25) is 4.79 Å². The minimum absolute atomic E-state index is 0.00391.